The molecule has 1 heterocycles. The van der Waals surface area contributed by atoms with Crippen molar-refractivity contribution in [3.63, 3.8) is 0 Å². The molecule has 0 saturated carbocycles. The molecule has 28 heavy (non-hydrogen) atoms. The summed E-state index contributed by atoms with van der Waals surface area (Å²) in [5, 5.41) is 4.65. The lowest BCUT2D eigenvalue weighted by atomic mass is 10.1. The molecule has 0 aliphatic rings. The van der Waals surface area contributed by atoms with Crippen LogP contribution in [-0.2, 0) is 11.3 Å². The van der Waals surface area contributed by atoms with Crippen molar-refractivity contribution in [1.29, 1.82) is 0 Å². The highest BCUT2D eigenvalue weighted by Crippen LogP contribution is 2.19. The van der Waals surface area contributed by atoms with Crippen LogP contribution in [0.25, 0.3) is 10.9 Å². The predicted molar refractivity (Wildman–Crippen MR) is 115 cm³/mol. The van der Waals surface area contributed by atoms with Crippen LogP contribution in [-0.4, -0.2) is 21.2 Å². The van der Waals surface area contributed by atoms with Crippen molar-refractivity contribution in [2.24, 2.45) is 0 Å². The predicted octanol–water partition coefficient (Wildman–Crippen LogP) is 4.21. The molecule has 3 aromatic rings. The van der Waals surface area contributed by atoms with E-state index in [1.165, 1.54) is 16.3 Å². The highest BCUT2D eigenvalue weighted by Gasteiger charge is 2.14. The Hall–Kier alpha value is -2.57. The molecular weight excluding hydrogens is 394 g/mol. The zero-order valence-corrected chi connectivity index (χ0v) is 17.0. The van der Waals surface area contributed by atoms with E-state index in [1.807, 2.05) is 31.2 Å². The number of thioether (sulfide) groups is 1. The van der Waals surface area contributed by atoms with Crippen molar-refractivity contribution in [3.8, 4) is 0 Å². The number of fused-ring (bicyclic) bond motifs is 1. The van der Waals surface area contributed by atoms with E-state index in [2.05, 4.69) is 16.9 Å². The van der Waals surface area contributed by atoms with Gasteiger partial charge in [-0.05, 0) is 36.8 Å². The zero-order chi connectivity index (χ0) is 20.1. The van der Waals surface area contributed by atoms with Gasteiger partial charge in [0.25, 0.3) is 5.56 Å². The van der Waals surface area contributed by atoms with Gasteiger partial charge in [-0.2, -0.15) is 0 Å². The lowest BCUT2D eigenvalue weighted by Gasteiger charge is -2.15. The summed E-state index contributed by atoms with van der Waals surface area (Å²) in [5.41, 5.74) is 1.45. The minimum absolute atomic E-state index is 0.136. The number of carbonyl (C=O) groups excluding carboxylic acids is 1. The summed E-state index contributed by atoms with van der Waals surface area (Å²) in [7, 11) is 0. The Balaban J connectivity index is 1.74. The number of carbonyl (C=O) groups is 1. The average molecular weight is 414 g/mol. The number of allylic oxidation sites excluding steroid dienone is 1. The molecule has 5 nitrogen and oxygen atoms in total. The largest absolute Gasteiger partial charge is 0.349 e. The normalized spacial score (nSPS) is 11.9. The van der Waals surface area contributed by atoms with E-state index in [1.54, 1.807) is 30.3 Å². The van der Waals surface area contributed by atoms with Crippen LogP contribution < -0.4 is 10.9 Å². The van der Waals surface area contributed by atoms with Gasteiger partial charge in [0, 0.05) is 11.6 Å². The van der Waals surface area contributed by atoms with Crippen molar-refractivity contribution in [3.05, 3.63) is 82.1 Å². The minimum Gasteiger partial charge on any atom is -0.349 e. The molecule has 2 aromatic carbocycles. The molecule has 3 rings (SSSR count). The molecule has 1 aromatic heterocycles. The van der Waals surface area contributed by atoms with Crippen molar-refractivity contribution < 1.29 is 4.79 Å². The van der Waals surface area contributed by atoms with E-state index in [-0.39, 0.29) is 23.3 Å². The number of nitrogens with zero attached hydrogens (tertiary/aromatic N) is 2. The Morgan fingerprint density at radius 3 is 2.71 bits per heavy atom. The molecule has 0 saturated heterocycles. The van der Waals surface area contributed by atoms with Gasteiger partial charge in [0.05, 0.1) is 22.7 Å². The lowest BCUT2D eigenvalue weighted by molar-refractivity contribution is -0.119. The van der Waals surface area contributed by atoms with Crippen LogP contribution in [0.1, 0.15) is 18.5 Å². The summed E-state index contributed by atoms with van der Waals surface area (Å²) in [6.07, 6.45) is 1.64. The average Bonchev–Trinajstić information content (AvgIpc) is 2.69. The molecule has 0 bridgehead atoms. The Kier molecular flexibility index (Phi) is 6.54. The second-order valence-corrected chi connectivity index (χ2v) is 7.62. The van der Waals surface area contributed by atoms with Crippen LogP contribution in [0.5, 0.6) is 0 Å². The highest BCUT2D eigenvalue weighted by atomic mass is 35.5. The number of rotatable bonds is 7. The van der Waals surface area contributed by atoms with Crippen LogP contribution >= 0.6 is 23.4 Å². The van der Waals surface area contributed by atoms with Gasteiger partial charge in [0.15, 0.2) is 5.16 Å². The lowest BCUT2D eigenvalue weighted by Crippen LogP contribution is -2.29. The molecule has 1 atom stereocenters. The third kappa shape index (κ3) is 4.64. The van der Waals surface area contributed by atoms with Gasteiger partial charge in [0.1, 0.15) is 0 Å². The van der Waals surface area contributed by atoms with Gasteiger partial charge in [-0.3, -0.25) is 14.2 Å². The maximum Gasteiger partial charge on any atom is 0.262 e. The van der Waals surface area contributed by atoms with Gasteiger partial charge >= 0.3 is 0 Å². The maximum atomic E-state index is 12.7. The number of aromatic nitrogens is 2. The second-order valence-electron chi connectivity index (χ2n) is 6.25. The number of para-hydroxylation sites is 1. The zero-order valence-electron chi connectivity index (χ0n) is 15.4. The number of hydrogen-bond donors (Lipinski definition) is 1. The van der Waals surface area contributed by atoms with Gasteiger partial charge < -0.3 is 5.32 Å². The molecule has 0 radical (unpaired) electrons. The fraction of sp³-hybridized carbons (Fsp3) is 0.190. The standard InChI is InChI=1S/C21H20ClN3O2S/c1-3-12-25-20(27)17-6-4-5-7-18(17)24-21(25)28-13-19(26)23-14(2)15-8-10-16(22)11-9-15/h3-11,14H,1,12-13H2,2H3,(H,23,26). The summed E-state index contributed by atoms with van der Waals surface area (Å²) in [6.45, 7) is 5.95. The SMILES string of the molecule is C=CCn1c(SCC(=O)NC(C)c2ccc(Cl)cc2)nc2ccccc2c1=O. The summed E-state index contributed by atoms with van der Waals surface area (Å²) in [5.74, 6) is 0.0138. The Labute approximate surface area is 172 Å². The quantitative estimate of drug-likeness (QED) is 0.358. The Morgan fingerprint density at radius 2 is 2.00 bits per heavy atom. The van der Waals surface area contributed by atoms with Crippen LogP contribution in [0.3, 0.4) is 0 Å². The van der Waals surface area contributed by atoms with Crippen molar-refractivity contribution >= 4 is 40.2 Å². The second kappa shape index (κ2) is 9.08. The summed E-state index contributed by atoms with van der Waals surface area (Å²) in [6, 6.07) is 14.4. The van der Waals surface area contributed by atoms with Crippen molar-refractivity contribution in [2.45, 2.75) is 24.7 Å². The van der Waals surface area contributed by atoms with Gasteiger partial charge in [-0.25, -0.2) is 4.98 Å². The van der Waals surface area contributed by atoms with E-state index in [9.17, 15) is 9.59 Å². The molecular formula is C21H20ClN3O2S. The molecule has 0 spiro atoms. The first-order chi connectivity index (χ1) is 13.5. The van der Waals surface area contributed by atoms with E-state index in [4.69, 9.17) is 11.6 Å². The van der Waals surface area contributed by atoms with Crippen LogP contribution in [0.15, 0.2) is 71.1 Å². The number of nitrogens with one attached hydrogen (secondary N) is 1. The molecule has 0 aliphatic carbocycles. The topological polar surface area (TPSA) is 64.0 Å². The highest BCUT2D eigenvalue weighted by molar-refractivity contribution is 7.99. The van der Waals surface area contributed by atoms with Crippen LogP contribution in [0.4, 0.5) is 0 Å². The molecule has 0 fully saturated rings. The number of benzene rings is 2. The van der Waals surface area contributed by atoms with Crippen LogP contribution in [0.2, 0.25) is 5.02 Å². The number of amides is 1. The smallest absolute Gasteiger partial charge is 0.262 e. The monoisotopic (exact) mass is 413 g/mol. The molecule has 1 unspecified atom stereocenters. The fourth-order valence-electron chi connectivity index (χ4n) is 2.80. The van der Waals surface area contributed by atoms with Gasteiger partial charge in [-0.15, -0.1) is 6.58 Å². The van der Waals surface area contributed by atoms with E-state index >= 15 is 0 Å². The fourth-order valence-corrected chi connectivity index (χ4v) is 3.74. The van der Waals surface area contributed by atoms with Crippen molar-refractivity contribution in [2.75, 3.05) is 5.75 Å². The Bertz CT molecular complexity index is 1060. The number of hydrogen-bond acceptors (Lipinski definition) is 4. The first-order valence-electron chi connectivity index (χ1n) is 8.77. The Morgan fingerprint density at radius 1 is 1.29 bits per heavy atom. The molecule has 1 amide bonds. The summed E-state index contributed by atoms with van der Waals surface area (Å²) < 4.78 is 1.54. The van der Waals surface area contributed by atoms with E-state index in [0.29, 0.717) is 27.6 Å². The van der Waals surface area contributed by atoms with E-state index < -0.39 is 0 Å². The minimum atomic E-state index is -0.148. The number of halogens is 1. The first kappa shape index (κ1) is 20.2. The first-order valence-corrected chi connectivity index (χ1v) is 10.1. The van der Waals surface area contributed by atoms with E-state index in [0.717, 1.165) is 5.56 Å². The maximum absolute atomic E-state index is 12.7. The molecule has 144 valence electrons. The summed E-state index contributed by atoms with van der Waals surface area (Å²) in [4.78, 5) is 29.7. The van der Waals surface area contributed by atoms with Crippen molar-refractivity contribution in [1.82, 2.24) is 14.9 Å². The molecule has 7 heteroatoms. The van der Waals surface area contributed by atoms with Gasteiger partial charge in [0.2, 0.25) is 5.91 Å². The third-order valence-corrected chi connectivity index (χ3v) is 5.45. The van der Waals surface area contributed by atoms with Crippen LogP contribution in [0, 0.1) is 0 Å². The summed E-state index contributed by atoms with van der Waals surface area (Å²) >= 11 is 7.14. The molecule has 1 N–H and O–H groups in total. The van der Waals surface area contributed by atoms with Gasteiger partial charge in [-0.1, -0.05) is 53.7 Å². The molecule has 0 aliphatic heterocycles. The third-order valence-electron chi connectivity index (χ3n) is 4.22.